The largest absolute Gasteiger partial charge is 0.389 e. The van der Waals surface area contributed by atoms with Crippen LogP contribution in [0.4, 0.5) is 14.5 Å². The molecule has 1 fully saturated rings. The van der Waals surface area contributed by atoms with Gasteiger partial charge in [-0.25, -0.2) is 13.8 Å². The third kappa shape index (κ3) is 7.38. The maximum absolute atomic E-state index is 13.8. The Kier molecular flexibility index (Phi) is 7.97. The number of halogens is 2. The van der Waals surface area contributed by atoms with Crippen molar-refractivity contribution in [1.82, 2.24) is 14.9 Å². The van der Waals surface area contributed by atoms with E-state index in [1.54, 1.807) is 12.5 Å². The van der Waals surface area contributed by atoms with E-state index >= 15 is 0 Å². The Labute approximate surface area is 217 Å². The van der Waals surface area contributed by atoms with E-state index in [9.17, 15) is 18.7 Å². The number of hydrogen-bond donors (Lipinski definition) is 2. The summed E-state index contributed by atoms with van der Waals surface area (Å²) in [5.74, 6) is -1.69. The van der Waals surface area contributed by atoms with Crippen LogP contribution in [0.2, 0.25) is 0 Å². The predicted octanol–water partition coefficient (Wildman–Crippen LogP) is 4.82. The summed E-state index contributed by atoms with van der Waals surface area (Å²) in [7, 11) is 0. The second-order valence-electron chi connectivity index (χ2n) is 11.3. The minimum absolute atomic E-state index is 0.104. The number of rotatable bonds is 10. The SMILES string of the molecule is CC(=O)N[C@@H](Cc1cc(F)cc(F)c1)[C@H](O)CN(c1cc(CC(C)(C)C)ccc1-n1ccnc1)C1CC1. The van der Waals surface area contributed by atoms with Gasteiger partial charge in [0.25, 0.3) is 0 Å². The number of aliphatic hydroxyl groups excluding tert-OH is 1. The van der Waals surface area contributed by atoms with Gasteiger partial charge in [0.1, 0.15) is 11.6 Å². The first-order valence-electron chi connectivity index (χ1n) is 12.8. The van der Waals surface area contributed by atoms with Gasteiger partial charge in [0.2, 0.25) is 5.91 Å². The van der Waals surface area contributed by atoms with Gasteiger partial charge in [0, 0.05) is 38.0 Å². The first-order chi connectivity index (χ1) is 17.5. The lowest BCUT2D eigenvalue weighted by atomic mass is 9.88. The number of amides is 1. The van der Waals surface area contributed by atoms with Crippen LogP contribution in [-0.4, -0.2) is 45.3 Å². The quantitative estimate of drug-likeness (QED) is 0.411. The second-order valence-corrected chi connectivity index (χ2v) is 11.3. The van der Waals surface area contributed by atoms with Gasteiger partial charge in [-0.05, 0) is 66.5 Å². The van der Waals surface area contributed by atoms with E-state index in [0.717, 1.165) is 36.7 Å². The van der Waals surface area contributed by atoms with Crippen molar-refractivity contribution >= 4 is 11.6 Å². The van der Waals surface area contributed by atoms with Crippen molar-refractivity contribution in [1.29, 1.82) is 0 Å². The summed E-state index contributed by atoms with van der Waals surface area (Å²) in [6.07, 6.45) is 7.40. The number of benzene rings is 2. The van der Waals surface area contributed by atoms with E-state index in [1.807, 2.05) is 10.8 Å². The molecule has 2 N–H and O–H groups in total. The van der Waals surface area contributed by atoms with Gasteiger partial charge in [-0.1, -0.05) is 26.8 Å². The monoisotopic (exact) mass is 510 g/mol. The van der Waals surface area contributed by atoms with Crippen molar-refractivity contribution in [3.8, 4) is 5.69 Å². The number of aliphatic hydroxyl groups is 1. The van der Waals surface area contributed by atoms with Gasteiger partial charge in [-0.15, -0.1) is 0 Å². The molecule has 8 heteroatoms. The fourth-order valence-electron chi connectivity index (χ4n) is 4.83. The summed E-state index contributed by atoms with van der Waals surface area (Å²) >= 11 is 0. The number of anilines is 1. The number of carbonyl (C=O) groups excluding carboxylic acids is 1. The van der Waals surface area contributed by atoms with E-state index in [0.29, 0.717) is 5.56 Å². The molecule has 1 heterocycles. The zero-order valence-corrected chi connectivity index (χ0v) is 21.9. The van der Waals surface area contributed by atoms with Crippen LogP contribution in [0.25, 0.3) is 5.69 Å². The van der Waals surface area contributed by atoms with Crippen molar-refractivity contribution in [2.24, 2.45) is 5.41 Å². The summed E-state index contributed by atoms with van der Waals surface area (Å²) in [6.45, 7) is 8.23. The van der Waals surface area contributed by atoms with Gasteiger partial charge >= 0.3 is 0 Å². The molecule has 0 bridgehead atoms. The molecule has 1 saturated carbocycles. The van der Waals surface area contributed by atoms with Crippen LogP contribution in [0.5, 0.6) is 0 Å². The molecule has 2 aromatic carbocycles. The molecule has 6 nitrogen and oxygen atoms in total. The highest BCUT2D eigenvalue weighted by atomic mass is 19.1. The molecule has 4 rings (SSSR count). The van der Waals surface area contributed by atoms with Gasteiger partial charge < -0.3 is 19.9 Å². The fraction of sp³-hybridized carbons (Fsp3) is 0.448. The van der Waals surface area contributed by atoms with E-state index < -0.39 is 23.8 Å². The van der Waals surface area contributed by atoms with E-state index in [1.165, 1.54) is 24.6 Å². The summed E-state index contributed by atoms with van der Waals surface area (Å²) in [4.78, 5) is 18.4. The van der Waals surface area contributed by atoms with Crippen molar-refractivity contribution in [2.45, 2.75) is 71.6 Å². The number of nitrogens with zero attached hydrogens (tertiary/aromatic N) is 3. The van der Waals surface area contributed by atoms with E-state index in [-0.39, 0.29) is 30.3 Å². The van der Waals surface area contributed by atoms with Crippen LogP contribution < -0.4 is 10.2 Å². The Morgan fingerprint density at radius 3 is 2.43 bits per heavy atom. The molecule has 2 atom stereocenters. The molecule has 1 aliphatic carbocycles. The minimum atomic E-state index is -0.974. The Morgan fingerprint density at radius 1 is 1.16 bits per heavy atom. The second kappa shape index (κ2) is 11.0. The summed E-state index contributed by atoms with van der Waals surface area (Å²) in [5.41, 5.74) is 3.62. The normalized spacial score (nSPS) is 15.3. The number of carbonyl (C=O) groups is 1. The maximum Gasteiger partial charge on any atom is 0.217 e. The Morgan fingerprint density at radius 2 is 1.86 bits per heavy atom. The summed E-state index contributed by atoms with van der Waals surface area (Å²) < 4.78 is 29.6. The van der Waals surface area contributed by atoms with Crippen LogP contribution in [0.1, 0.15) is 51.7 Å². The molecule has 3 aromatic rings. The van der Waals surface area contributed by atoms with Crippen molar-refractivity contribution in [3.63, 3.8) is 0 Å². The average molecular weight is 511 g/mol. The van der Waals surface area contributed by atoms with Gasteiger partial charge in [-0.2, -0.15) is 0 Å². The molecule has 0 radical (unpaired) electrons. The zero-order valence-electron chi connectivity index (χ0n) is 21.9. The lowest BCUT2D eigenvalue weighted by Gasteiger charge is -2.33. The van der Waals surface area contributed by atoms with E-state index in [2.05, 4.69) is 54.2 Å². The van der Waals surface area contributed by atoms with E-state index in [4.69, 9.17) is 0 Å². The third-order valence-corrected chi connectivity index (χ3v) is 6.47. The summed E-state index contributed by atoms with van der Waals surface area (Å²) in [5, 5.41) is 14.2. The first kappa shape index (κ1) is 26.8. The van der Waals surface area contributed by atoms with Crippen LogP contribution in [0, 0.1) is 17.0 Å². The third-order valence-electron chi connectivity index (χ3n) is 6.47. The molecule has 37 heavy (non-hydrogen) atoms. The van der Waals surface area contributed by atoms with Crippen LogP contribution in [-0.2, 0) is 17.6 Å². The van der Waals surface area contributed by atoms with Gasteiger partial charge in [0.15, 0.2) is 0 Å². The molecule has 1 aliphatic rings. The maximum atomic E-state index is 13.8. The molecule has 0 saturated heterocycles. The molecular formula is C29H36F2N4O2. The van der Waals surface area contributed by atoms with Crippen molar-refractivity contribution < 1.29 is 18.7 Å². The van der Waals surface area contributed by atoms with Crippen molar-refractivity contribution in [3.05, 3.63) is 77.9 Å². The molecule has 198 valence electrons. The first-order valence-corrected chi connectivity index (χ1v) is 12.8. The van der Waals surface area contributed by atoms with Crippen LogP contribution in [0.3, 0.4) is 0 Å². The van der Waals surface area contributed by atoms with Crippen LogP contribution in [0.15, 0.2) is 55.1 Å². The highest BCUT2D eigenvalue weighted by Crippen LogP contribution is 2.37. The average Bonchev–Trinajstić information content (AvgIpc) is 3.48. The molecule has 0 spiro atoms. The smallest absolute Gasteiger partial charge is 0.217 e. The molecule has 1 aromatic heterocycles. The number of aromatic nitrogens is 2. The lowest BCUT2D eigenvalue weighted by Crippen LogP contribution is -2.49. The Hall–Kier alpha value is -3.26. The summed E-state index contributed by atoms with van der Waals surface area (Å²) in [6, 6.07) is 9.21. The fourth-order valence-corrected chi connectivity index (χ4v) is 4.83. The molecule has 0 aliphatic heterocycles. The van der Waals surface area contributed by atoms with Crippen molar-refractivity contribution in [2.75, 3.05) is 11.4 Å². The molecule has 1 amide bonds. The standard InChI is InChI=1S/C29H36F2N4O2/c1-19(36)33-25(13-21-11-22(30)15-23(31)12-21)28(37)17-35(24-6-7-24)27-14-20(16-29(2,3)4)5-8-26(27)34-10-9-32-18-34/h5,8-12,14-15,18,24-25,28,37H,6-7,13,16-17H2,1-4H3,(H,33,36)/t25-,28+/m0/s1. The van der Waals surface area contributed by atoms with Gasteiger partial charge in [0.05, 0.1) is 29.8 Å². The highest BCUT2D eigenvalue weighted by molar-refractivity contribution is 5.73. The number of nitrogens with one attached hydrogen (secondary N) is 1. The molecule has 0 unspecified atom stereocenters. The minimum Gasteiger partial charge on any atom is -0.389 e. The predicted molar refractivity (Wildman–Crippen MR) is 141 cm³/mol. The van der Waals surface area contributed by atoms with Gasteiger partial charge in [-0.3, -0.25) is 4.79 Å². The topological polar surface area (TPSA) is 70.4 Å². The number of imidazole rings is 1. The lowest BCUT2D eigenvalue weighted by molar-refractivity contribution is -0.120. The number of hydrogen-bond acceptors (Lipinski definition) is 4. The van der Waals surface area contributed by atoms with Crippen LogP contribution >= 0.6 is 0 Å². The zero-order chi connectivity index (χ0) is 26.7. The highest BCUT2D eigenvalue weighted by Gasteiger charge is 2.34. The Bertz CT molecular complexity index is 1200. The molecular weight excluding hydrogens is 474 g/mol. The Balaban J connectivity index is 1.66.